The second-order valence-corrected chi connectivity index (χ2v) is 7.72. The molecular formula is C19H24BrN3O2. The lowest BCUT2D eigenvalue weighted by Crippen LogP contribution is -2.43. The van der Waals surface area contributed by atoms with Crippen molar-refractivity contribution in [2.75, 3.05) is 11.9 Å². The number of halogens is 1. The third-order valence-corrected chi connectivity index (χ3v) is 3.74. The summed E-state index contributed by atoms with van der Waals surface area (Å²) in [6, 6.07) is 11.9. The summed E-state index contributed by atoms with van der Waals surface area (Å²) < 4.78 is 6.28. The molecule has 2 N–H and O–H groups in total. The molecule has 1 heterocycles. The summed E-state index contributed by atoms with van der Waals surface area (Å²) in [5, 5.41) is 6.26. The van der Waals surface area contributed by atoms with Crippen molar-refractivity contribution in [2.45, 2.75) is 38.8 Å². The number of ether oxygens (including phenoxy) is 1. The second-order valence-electron chi connectivity index (χ2n) is 6.81. The summed E-state index contributed by atoms with van der Waals surface area (Å²) in [6.45, 7) is 6.12. The van der Waals surface area contributed by atoms with Gasteiger partial charge in [0.25, 0.3) is 0 Å². The number of alkyl carbamates (subject to hydrolysis) is 1. The molecule has 0 aliphatic heterocycles. The Kier molecular flexibility index (Phi) is 6.82. The van der Waals surface area contributed by atoms with Gasteiger partial charge >= 0.3 is 6.09 Å². The minimum Gasteiger partial charge on any atom is -0.444 e. The minimum absolute atomic E-state index is 0.115. The van der Waals surface area contributed by atoms with Crippen molar-refractivity contribution in [3.05, 3.63) is 58.8 Å². The van der Waals surface area contributed by atoms with Gasteiger partial charge < -0.3 is 15.4 Å². The first-order valence-corrected chi connectivity index (χ1v) is 8.99. The van der Waals surface area contributed by atoms with Gasteiger partial charge in [0.15, 0.2) is 0 Å². The molecule has 1 amide bonds. The molecule has 0 saturated heterocycles. The molecule has 1 aromatic carbocycles. The fourth-order valence-electron chi connectivity index (χ4n) is 2.30. The van der Waals surface area contributed by atoms with E-state index in [2.05, 4.69) is 31.5 Å². The molecule has 6 heteroatoms. The molecule has 25 heavy (non-hydrogen) atoms. The monoisotopic (exact) mass is 405 g/mol. The summed E-state index contributed by atoms with van der Waals surface area (Å²) >= 11 is 3.40. The number of benzene rings is 1. The van der Waals surface area contributed by atoms with Crippen LogP contribution in [0.5, 0.6) is 0 Å². The van der Waals surface area contributed by atoms with Crippen LogP contribution in [0.25, 0.3) is 0 Å². The number of rotatable bonds is 6. The zero-order valence-corrected chi connectivity index (χ0v) is 16.3. The number of hydrogen-bond donors (Lipinski definition) is 2. The molecule has 1 aromatic heterocycles. The van der Waals surface area contributed by atoms with E-state index >= 15 is 0 Å². The Morgan fingerprint density at radius 2 is 1.96 bits per heavy atom. The van der Waals surface area contributed by atoms with Crippen LogP contribution in [0.3, 0.4) is 0 Å². The molecular weight excluding hydrogens is 382 g/mol. The normalized spacial score (nSPS) is 12.3. The first-order chi connectivity index (χ1) is 11.8. The summed E-state index contributed by atoms with van der Waals surface area (Å²) in [7, 11) is 0. The first kappa shape index (κ1) is 19.2. The van der Waals surface area contributed by atoms with Crippen molar-refractivity contribution >= 4 is 27.7 Å². The van der Waals surface area contributed by atoms with Crippen molar-refractivity contribution < 1.29 is 9.53 Å². The Hall–Kier alpha value is -2.08. The molecule has 2 rings (SSSR count). The van der Waals surface area contributed by atoms with E-state index in [0.29, 0.717) is 13.0 Å². The highest BCUT2D eigenvalue weighted by molar-refractivity contribution is 9.10. The topological polar surface area (TPSA) is 63.2 Å². The highest BCUT2D eigenvalue weighted by Gasteiger charge is 2.19. The Morgan fingerprint density at radius 1 is 1.24 bits per heavy atom. The molecule has 5 nitrogen and oxygen atoms in total. The number of anilines is 1. The van der Waals surface area contributed by atoms with Gasteiger partial charge in [-0.05, 0) is 54.8 Å². The fourth-order valence-corrected chi connectivity index (χ4v) is 2.66. The fraction of sp³-hybridized carbons (Fsp3) is 0.368. The Labute approximate surface area is 157 Å². The largest absolute Gasteiger partial charge is 0.444 e. The third-order valence-electron chi connectivity index (χ3n) is 3.30. The maximum absolute atomic E-state index is 12.1. The van der Waals surface area contributed by atoms with E-state index in [1.807, 2.05) is 57.2 Å². The molecule has 0 fully saturated rings. The van der Waals surface area contributed by atoms with Crippen LogP contribution in [0.1, 0.15) is 26.3 Å². The van der Waals surface area contributed by atoms with Crippen LogP contribution in [0.4, 0.5) is 10.5 Å². The van der Waals surface area contributed by atoms with Crippen LogP contribution in [0, 0.1) is 0 Å². The number of amides is 1. The first-order valence-electron chi connectivity index (χ1n) is 8.20. The molecule has 2 aromatic rings. The van der Waals surface area contributed by atoms with Gasteiger partial charge in [0.1, 0.15) is 5.60 Å². The van der Waals surface area contributed by atoms with Gasteiger partial charge in [0.2, 0.25) is 0 Å². The Balaban J connectivity index is 2.01. The van der Waals surface area contributed by atoms with Gasteiger partial charge in [-0.25, -0.2) is 4.79 Å². The van der Waals surface area contributed by atoms with Gasteiger partial charge in [-0.3, -0.25) is 4.98 Å². The summed E-state index contributed by atoms with van der Waals surface area (Å²) in [4.78, 5) is 16.3. The van der Waals surface area contributed by atoms with Crippen LogP contribution in [0.2, 0.25) is 0 Å². The molecule has 134 valence electrons. The predicted octanol–water partition coefficient (Wildman–Crippen LogP) is 4.39. The van der Waals surface area contributed by atoms with Gasteiger partial charge in [0, 0.05) is 17.2 Å². The summed E-state index contributed by atoms with van der Waals surface area (Å²) in [6.07, 6.45) is 3.76. The lowest BCUT2D eigenvalue weighted by molar-refractivity contribution is 0.0507. The smallest absolute Gasteiger partial charge is 0.407 e. The van der Waals surface area contributed by atoms with Crippen LogP contribution in [-0.4, -0.2) is 29.3 Å². The van der Waals surface area contributed by atoms with Crippen LogP contribution in [0.15, 0.2) is 53.3 Å². The van der Waals surface area contributed by atoms with Crippen molar-refractivity contribution in [1.29, 1.82) is 0 Å². The maximum Gasteiger partial charge on any atom is 0.407 e. The number of nitrogens with zero attached hydrogens (tertiary/aromatic N) is 1. The van der Waals surface area contributed by atoms with Crippen molar-refractivity contribution in [3.63, 3.8) is 0 Å². The lowest BCUT2D eigenvalue weighted by Gasteiger charge is -2.24. The molecule has 0 aliphatic rings. The molecule has 0 spiro atoms. The van der Waals surface area contributed by atoms with E-state index < -0.39 is 11.7 Å². The summed E-state index contributed by atoms with van der Waals surface area (Å²) in [5.41, 5.74) is 1.51. The zero-order chi connectivity index (χ0) is 18.3. The highest BCUT2D eigenvalue weighted by atomic mass is 79.9. The van der Waals surface area contributed by atoms with Gasteiger partial charge in [0.05, 0.1) is 17.9 Å². The predicted molar refractivity (Wildman–Crippen MR) is 104 cm³/mol. The quantitative estimate of drug-likeness (QED) is 0.747. The number of aromatic nitrogens is 1. The third kappa shape index (κ3) is 7.56. The van der Waals surface area contributed by atoms with Crippen molar-refractivity contribution in [3.8, 4) is 0 Å². The number of pyridine rings is 1. The molecule has 0 saturated carbocycles. The maximum atomic E-state index is 12.1. The minimum atomic E-state index is -0.525. The SMILES string of the molecule is CC(C)(C)OC(=O)N[C@H](CNc1cncc(Br)c1)Cc1ccccc1. The van der Waals surface area contributed by atoms with Crippen LogP contribution < -0.4 is 10.6 Å². The highest BCUT2D eigenvalue weighted by Crippen LogP contribution is 2.14. The molecule has 0 unspecified atom stereocenters. The molecule has 0 bridgehead atoms. The number of carbonyl (C=O) groups is 1. The molecule has 0 aliphatic carbocycles. The van der Waals surface area contributed by atoms with E-state index in [4.69, 9.17) is 4.74 Å². The standard InChI is InChI=1S/C19H24BrN3O2/c1-19(2,3)25-18(24)23-17(9-14-7-5-4-6-8-14)13-22-16-10-15(20)11-21-12-16/h4-8,10-12,17,22H,9,13H2,1-3H3,(H,23,24)/t17-/m0/s1. The number of hydrogen-bond acceptors (Lipinski definition) is 4. The lowest BCUT2D eigenvalue weighted by atomic mass is 10.1. The zero-order valence-electron chi connectivity index (χ0n) is 14.8. The van der Waals surface area contributed by atoms with Crippen molar-refractivity contribution in [2.24, 2.45) is 0 Å². The average molecular weight is 406 g/mol. The average Bonchev–Trinajstić information content (AvgIpc) is 2.52. The number of carbonyl (C=O) groups excluding carboxylic acids is 1. The van der Waals surface area contributed by atoms with E-state index in [0.717, 1.165) is 15.7 Å². The molecule has 1 atom stereocenters. The van der Waals surface area contributed by atoms with Crippen molar-refractivity contribution in [1.82, 2.24) is 10.3 Å². The van der Waals surface area contributed by atoms with E-state index in [-0.39, 0.29) is 6.04 Å². The van der Waals surface area contributed by atoms with Gasteiger partial charge in [-0.1, -0.05) is 30.3 Å². The number of nitrogens with one attached hydrogen (secondary N) is 2. The Morgan fingerprint density at radius 3 is 2.60 bits per heavy atom. The van der Waals surface area contributed by atoms with Crippen LogP contribution >= 0.6 is 15.9 Å². The summed E-state index contributed by atoms with van der Waals surface area (Å²) in [5.74, 6) is 0. The molecule has 0 radical (unpaired) electrons. The Bertz CT molecular complexity index is 687. The van der Waals surface area contributed by atoms with E-state index in [1.54, 1.807) is 12.4 Å². The second kappa shape index (κ2) is 8.85. The van der Waals surface area contributed by atoms with E-state index in [9.17, 15) is 4.79 Å². The van der Waals surface area contributed by atoms with Gasteiger partial charge in [-0.15, -0.1) is 0 Å². The van der Waals surface area contributed by atoms with Gasteiger partial charge in [-0.2, -0.15) is 0 Å². The van der Waals surface area contributed by atoms with Crippen LogP contribution in [-0.2, 0) is 11.2 Å². The van der Waals surface area contributed by atoms with E-state index in [1.165, 1.54) is 0 Å².